The van der Waals surface area contributed by atoms with E-state index in [1.165, 1.54) is 148 Å². The van der Waals surface area contributed by atoms with E-state index in [9.17, 15) is 14.4 Å². The summed E-state index contributed by atoms with van der Waals surface area (Å²) in [6.45, 7) is 6.51. The van der Waals surface area contributed by atoms with Crippen LogP contribution in [0.3, 0.4) is 0 Å². The molecule has 6 nitrogen and oxygen atoms in total. The zero-order valence-corrected chi connectivity index (χ0v) is 45.8. The molecule has 0 aliphatic heterocycles. The van der Waals surface area contributed by atoms with Crippen LogP contribution in [0.1, 0.15) is 303 Å². The molecule has 0 heterocycles. The Balaban J connectivity index is 4.34. The van der Waals surface area contributed by atoms with E-state index in [2.05, 4.69) is 81.5 Å². The highest BCUT2D eigenvalue weighted by atomic mass is 16.6. The molecule has 0 saturated heterocycles. The van der Waals surface area contributed by atoms with E-state index in [4.69, 9.17) is 14.2 Å². The molecule has 0 aliphatic rings. The number of esters is 3. The van der Waals surface area contributed by atoms with Gasteiger partial charge in [0, 0.05) is 19.3 Å². The lowest BCUT2D eigenvalue weighted by atomic mass is 10.0. The molecule has 0 saturated carbocycles. The molecule has 69 heavy (non-hydrogen) atoms. The molecule has 0 unspecified atom stereocenters. The lowest BCUT2D eigenvalue weighted by molar-refractivity contribution is -0.167. The number of allylic oxidation sites excluding steroid dienone is 10. The highest BCUT2D eigenvalue weighted by Gasteiger charge is 2.19. The maximum atomic E-state index is 12.9. The van der Waals surface area contributed by atoms with E-state index in [0.717, 1.165) is 116 Å². The number of rotatable bonds is 54. The summed E-state index contributed by atoms with van der Waals surface area (Å²) >= 11 is 0. The van der Waals surface area contributed by atoms with Crippen LogP contribution in [-0.4, -0.2) is 37.2 Å². The molecule has 0 aromatic rings. The van der Waals surface area contributed by atoms with Crippen LogP contribution in [0.4, 0.5) is 0 Å². The molecule has 0 aromatic heterocycles. The van der Waals surface area contributed by atoms with Gasteiger partial charge in [-0.1, -0.05) is 261 Å². The van der Waals surface area contributed by atoms with Gasteiger partial charge < -0.3 is 14.2 Å². The first-order chi connectivity index (χ1) is 34.0. The van der Waals surface area contributed by atoms with Crippen molar-refractivity contribution in [3.05, 3.63) is 60.8 Å². The summed E-state index contributed by atoms with van der Waals surface area (Å²) in [5.74, 6) is -0.901. The third kappa shape index (κ3) is 55.9. The Morgan fingerprint density at radius 3 is 0.913 bits per heavy atom. The molecule has 0 amide bonds. The maximum Gasteiger partial charge on any atom is 0.306 e. The van der Waals surface area contributed by atoms with Crippen molar-refractivity contribution in [3.63, 3.8) is 0 Å². The van der Waals surface area contributed by atoms with Gasteiger partial charge >= 0.3 is 17.9 Å². The van der Waals surface area contributed by atoms with Crippen molar-refractivity contribution in [2.45, 2.75) is 309 Å². The van der Waals surface area contributed by atoms with Gasteiger partial charge in [0.25, 0.3) is 0 Å². The lowest BCUT2D eigenvalue weighted by Gasteiger charge is -2.18. The Morgan fingerprint density at radius 1 is 0.304 bits per heavy atom. The predicted molar refractivity (Wildman–Crippen MR) is 298 cm³/mol. The summed E-state index contributed by atoms with van der Waals surface area (Å²) < 4.78 is 16.9. The second kappa shape index (κ2) is 57.7. The van der Waals surface area contributed by atoms with Crippen molar-refractivity contribution < 1.29 is 28.6 Å². The van der Waals surface area contributed by atoms with Crippen molar-refractivity contribution in [1.82, 2.24) is 0 Å². The van der Waals surface area contributed by atoms with Gasteiger partial charge in [-0.2, -0.15) is 0 Å². The molecule has 0 aromatic carbocycles. The highest BCUT2D eigenvalue weighted by molar-refractivity contribution is 5.71. The number of hydrogen-bond donors (Lipinski definition) is 0. The monoisotopic (exact) mass is 965 g/mol. The molecule has 0 bridgehead atoms. The van der Waals surface area contributed by atoms with Crippen molar-refractivity contribution in [3.8, 4) is 0 Å². The maximum absolute atomic E-state index is 12.9. The van der Waals surface area contributed by atoms with Crippen LogP contribution in [0.25, 0.3) is 0 Å². The second-order valence-corrected chi connectivity index (χ2v) is 19.9. The Bertz CT molecular complexity index is 1250. The van der Waals surface area contributed by atoms with E-state index >= 15 is 0 Å². The van der Waals surface area contributed by atoms with E-state index in [0.29, 0.717) is 19.3 Å². The topological polar surface area (TPSA) is 78.9 Å². The predicted octanol–water partition coefficient (Wildman–Crippen LogP) is 20.0. The van der Waals surface area contributed by atoms with E-state index in [-0.39, 0.29) is 31.1 Å². The summed E-state index contributed by atoms with van der Waals surface area (Å²) in [4.78, 5) is 38.2. The minimum Gasteiger partial charge on any atom is -0.462 e. The molecule has 400 valence electrons. The zero-order valence-electron chi connectivity index (χ0n) is 45.8. The van der Waals surface area contributed by atoms with Crippen LogP contribution in [0.2, 0.25) is 0 Å². The second-order valence-electron chi connectivity index (χ2n) is 19.9. The molecule has 0 radical (unpaired) electrons. The van der Waals surface area contributed by atoms with Crippen LogP contribution in [-0.2, 0) is 28.6 Å². The summed E-state index contributed by atoms with van der Waals surface area (Å²) in [7, 11) is 0. The smallest absolute Gasteiger partial charge is 0.306 e. The number of carbonyl (C=O) groups is 3. The molecule has 0 fully saturated rings. The van der Waals surface area contributed by atoms with Gasteiger partial charge in [0.2, 0.25) is 0 Å². The van der Waals surface area contributed by atoms with Crippen molar-refractivity contribution in [2.24, 2.45) is 0 Å². The molecular weight excluding hydrogens is 853 g/mol. The Kier molecular flexibility index (Phi) is 55.3. The minimum absolute atomic E-state index is 0.0833. The van der Waals surface area contributed by atoms with Crippen molar-refractivity contribution in [1.29, 1.82) is 0 Å². The van der Waals surface area contributed by atoms with Crippen LogP contribution in [0.15, 0.2) is 60.8 Å². The number of hydrogen-bond acceptors (Lipinski definition) is 6. The molecule has 0 N–H and O–H groups in total. The zero-order chi connectivity index (χ0) is 50.0. The summed E-state index contributed by atoms with van der Waals surface area (Å²) in [6.07, 6.45) is 72.2. The van der Waals surface area contributed by atoms with Gasteiger partial charge in [0.15, 0.2) is 6.10 Å². The number of ether oxygens (including phenoxy) is 3. The fourth-order valence-electron chi connectivity index (χ4n) is 8.55. The standard InChI is InChI=1S/C63H112O6/c1-4-7-10-13-16-19-22-25-28-29-30-31-32-33-36-38-41-44-47-50-53-56-62(65)68-59-60(69-63(66)57-54-51-48-45-42-39-35-27-24-21-18-15-12-9-6-3)58-67-61(64)55-52-49-46-43-40-37-34-26-23-20-17-14-11-8-5-2/h9,12,17-18,20-21,26-27,34-35,60H,4-8,10-11,13-16,19,22-25,28-33,36-59H2,1-3H3/b12-9-,20-17-,21-18-,34-26-,35-27-/t60-/m1/s1. The van der Waals surface area contributed by atoms with Crippen LogP contribution < -0.4 is 0 Å². The molecule has 6 heteroatoms. The Morgan fingerprint density at radius 2 is 0.565 bits per heavy atom. The highest BCUT2D eigenvalue weighted by Crippen LogP contribution is 2.17. The molecule has 0 aliphatic carbocycles. The lowest BCUT2D eigenvalue weighted by Crippen LogP contribution is -2.30. The van der Waals surface area contributed by atoms with Gasteiger partial charge in [-0.3, -0.25) is 14.4 Å². The molecule has 0 spiro atoms. The average molecular weight is 966 g/mol. The first-order valence-electron chi connectivity index (χ1n) is 29.8. The summed E-state index contributed by atoms with van der Waals surface area (Å²) in [5, 5.41) is 0. The molecular formula is C63H112O6. The van der Waals surface area contributed by atoms with E-state index < -0.39 is 6.10 Å². The number of unbranched alkanes of at least 4 members (excludes halogenated alkanes) is 33. The third-order valence-electron chi connectivity index (χ3n) is 13.0. The average Bonchev–Trinajstić information content (AvgIpc) is 3.35. The van der Waals surface area contributed by atoms with Crippen LogP contribution >= 0.6 is 0 Å². The van der Waals surface area contributed by atoms with Gasteiger partial charge in [-0.15, -0.1) is 0 Å². The Hall–Kier alpha value is -2.89. The van der Waals surface area contributed by atoms with Gasteiger partial charge in [0.05, 0.1) is 0 Å². The molecule has 0 rings (SSSR count). The Labute approximate surface area is 428 Å². The van der Waals surface area contributed by atoms with Gasteiger partial charge in [-0.25, -0.2) is 0 Å². The van der Waals surface area contributed by atoms with Crippen LogP contribution in [0, 0.1) is 0 Å². The quantitative estimate of drug-likeness (QED) is 0.0262. The molecule has 1 atom stereocenters. The van der Waals surface area contributed by atoms with Crippen molar-refractivity contribution in [2.75, 3.05) is 13.2 Å². The van der Waals surface area contributed by atoms with E-state index in [1.807, 2.05) is 0 Å². The van der Waals surface area contributed by atoms with Gasteiger partial charge in [0.1, 0.15) is 13.2 Å². The summed E-state index contributed by atoms with van der Waals surface area (Å²) in [5.41, 5.74) is 0. The van der Waals surface area contributed by atoms with Crippen LogP contribution in [0.5, 0.6) is 0 Å². The third-order valence-corrected chi connectivity index (χ3v) is 13.0. The number of carbonyl (C=O) groups excluding carboxylic acids is 3. The van der Waals surface area contributed by atoms with E-state index in [1.54, 1.807) is 0 Å². The summed E-state index contributed by atoms with van der Waals surface area (Å²) in [6, 6.07) is 0. The SMILES string of the molecule is CC/C=C\C/C=C\C/C=C\CCCCCCCC(=O)O[C@H](COC(=O)CCCCCCC/C=C\C/C=C\CCCCC)COC(=O)CCCCCCCCCCCCCCCCCCCCCCC. The normalized spacial score (nSPS) is 12.4. The fourth-order valence-corrected chi connectivity index (χ4v) is 8.55. The largest absolute Gasteiger partial charge is 0.462 e. The van der Waals surface area contributed by atoms with Gasteiger partial charge in [-0.05, 0) is 83.5 Å². The minimum atomic E-state index is -0.788. The first kappa shape index (κ1) is 66.1. The fraction of sp³-hybridized carbons (Fsp3) is 0.794. The first-order valence-corrected chi connectivity index (χ1v) is 29.8. The van der Waals surface area contributed by atoms with Crippen molar-refractivity contribution >= 4 is 17.9 Å².